The maximum Gasteiger partial charge on any atom is 0.310 e. The van der Waals surface area contributed by atoms with E-state index >= 15 is 0 Å². The van der Waals surface area contributed by atoms with E-state index in [0.29, 0.717) is 25.8 Å². The first kappa shape index (κ1) is 24.6. The van der Waals surface area contributed by atoms with Crippen molar-refractivity contribution in [3.05, 3.63) is 38.9 Å². The van der Waals surface area contributed by atoms with Crippen molar-refractivity contribution in [3.63, 3.8) is 0 Å². The quantitative estimate of drug-likeness (QED) is 0.366. The molecule has 0 saturated carbocycles. The zero-order valence-corrected chi connectivity index (χ0v) is 18.7. The number of esters is 1. The van der Waals surface area contributed by atoms with Gasteiger partial charge in [0, 0.05) is 25.2 Å². The lowest BCUT2D eigenvalue weighted by Crippen LogP contribution is -2.54. The topological polar surface area (TPSA) is 119 Å². The van der Waals surface area contributed by atoms with E-state index in [1.165, 1.54) is 12.1 Å². The lowest BCUT2D eigenvalue weighted by atomic mass is 9.93. The first-order chi connectivity index (χ1) is 14.7. The van der Waals surface area contributed by atoms with Crippen LogP contribution in [0.4, 0.5) is 5.69 Å². The van der Waals surface area contributed by atoms with Gasteiger partial charge in [0.1, 0.15) is 6.04 Å². The minimum absolute atomic E-state index is 0.0522. The van der Waals surface area contributed by atoms with Crippen molar-refractivity contribution >= 4 is 35.1 Å². The monoisotopic (exact) mass is 453 g/mol. The third kappa shape index (κ3) is 6.16. The maximum absolute atomic E-state index is 13.3. The minimum atomic E-state index is -0.815. The lowest BCUT2D eigenvalue weighted by Gasteiger charge is -2.35. The molecule has 1 aliphatic heterocycles. The average Bonchev–Trinajstić information content (AvgIpc) is 2.76. The van der Waals surface area contributed by atoms with E-state index in [1.807, 2.05) is 13.8 Å². The smallest absolute Gasteiger partial charge is 0.310 e. The number of hydrogen-bond donors (Lipinski definition) is 1. The highest BCUT2D eigenvalue weighted by molar-refractivity contribution is 6.34. The number of likely N-dealkylation sites (tertiary alicyclic amines) is 1. The van der Waals surface area contributed by atoms with Crippen LogP contribution in [0.15, 0.2) is 18.2 Å². The number of piperidine rings is 1. The maximum atomic E-state index is 13.3. The van der Waals surface area contributed by atoms with Crippen molar-refractivity contribution < 1.29 is 24.0 Å². The van der Waals surface area contributed by atoms with Crippen LogP contribution in [0.1, 0.15) is 50.4 Å². The number of halogens is 1. The summed E-state index contributed by atoms with van der Waals surface area (Å²) in [7, 11) is 0. The molecule has 0 radical (unpaired) electrons. The summed E-state index contributed by atoms with van der Waals surface area (Å²) in [5.41, 5.74) is -0.175. The number of carbonyl (C=O) groups excluding carboxylic acids is 3. The van der Waals surface area contributed by atoms with Gasteiger partial charge in [0.25, 0.3) is 11.6 Å². The van der Waals surface area contributed by atoms with Gasteiger partial charge >= 0.3 is 5.97 Å². The van der Waals surface area contributed by atoms with Crippen LogP contribution in [-0.2, 0) is 14.3 Å². The molecule has 10 heteroatoms. The molecule has 1 aromatic carbocycles. The summed E-state index contributed by atoms with van der Waals surface area (Å²) in [6.45, 7) is 6.53. The Morgan fingerprint density at radius 3 is 2.65 bits per heavy atom. The third-order valence-corrected chi connectivity index (χ3v) is 5.84. The van der Waals surface area contributed by atoms with Gasteiger partial charge in [-0.05, 0) is 31.7 Å². The van der Waals surface area contributed by atoms with Gasteiger partial charge in [0.15, 0.2) is 0 Å². The van der Waals surface area contributed by atoms with Crippen molar-refractivity contribution in [1.82, 2.24) is 10.2 Å². The first-order valence-electron chi connectivity index (χ1n) is 10.4. The zero-order chi connectivity index (χ0) is 23.1. The highest BCUT2D eigenvalue weighted by Crippen LogP contribution is 2.24. The Morgan fingerprint density at radius 2 is 2.06 bits per heavy atom. The van der Waals surface area contributed by atoms with Gasteiger partial charge in [0.2, 0.25) is 5.91 Å². The van der Waals surface area contributed by atoms with Crippen LogP contribution < -0.4 is 5.32 Å². The normalized spacial score (nSPS) is 18.1. The molecule has 0 spiro atoms. The van der Waals surface area contributed by atoms with Gasteiger partial charge < -0.3 is 15.0 Å². The summed E-state index contributed by atoms with van der Waals surface area (Å²) >= 11 is 6.07. The Morgan fingerprint density at radius 1 is 1.35 bits per heavy atom. The highest BCUT2D eigenvalue weighted by atomic mass is 35.5. The van der Waals surface area contributed by atoms with E-state index in [-0.39, 0.29) is 53.1 Å². The van der Waals surface area contributed by atoms with Crippen molar-refractivity contribution in [1.29, 1.82) is 0 Å². The van der Waals surface area contributed by atoms with Gasteiger partial charge in [-0.1, -0.05) is 31.9 Å². The van der Waals surface area contributed by atoms with Crippen LogP contribution in [0.5, 0.6) is 0 Å². The van der Waals surface area contributed by atoms with Crippen LogP contribution in [-0.4, -0.2) is 53.3 Å². The second kappa shape index (κ2) is 11.1. The predicted molar refractivity (Wildman–Crippen MR) is 115 cm³/mol. The van der Waals surface area contributed by atoms with Crippen molar-refractivity contribution in [2.45, 2.75) is 46.1 Å². The zero-order valence-electron chi connectivity index (χ0n) is 17.9. The van der Waals surface area contributed by atoms with E-state index in [4.69, 9.17) is 16.3 Å². The van der Waals surface area contributed by atoms with E-state index in [9.17, 15) is 24.5 Å². The van der Waals surface area contributed by atoms with E-state index < -0.39 is 16.9 Å². The van der Waals surface area contributed by atoms with Crippen LogP contribution in [0.3, 0.4) is 0 Å². The van der Waals surface area contributed by atoms with Gasteiger partial charge in [-0.15, -0.1) is 0 Å². The first-order valence-corrected chi connectivity index (χ1v) is 10.8. The molecular weight excluding hydrogens is 426 g/mol. The molecule has 2 rings (SSSR count). The standard InChI is InChI=1S/C21H28ClN3O6/c1-4-13(3)18(20(27)24-10-6-7-14(12-24)21(28)31-5-2)23-19(26)16-9-8-15(25(29)30)11-17(16)22/h8-9,11,13-14,18H,4-7,10,12H2,1-3H3,(H,23,26). The van der Waals surface area contributed by atoms with E-state index in [2.05, 4.69) is 5.32 Å². The molecule has 1 heterocycles. The van der Waals surface area contributed by atoms with Crippen LogP contribution in [0.2, 0.25) is 5.02 Å². The van der Waals surface area contributed by atoms with E-state index in [1.54, 1.807) is 11.8 Å². The summed E-state index contributed by atoms with van der Waals surface area (Å²) in [6.07, 6.45) is 1.96. The Hall–Kier alpha value is -2.68. The summed E-state index contributed by atoms with van der Waals surface area (Å²) in [4.78, 5) is 50.1. The summed E-state index contributed by atoms with van der Waals surface area (Å²) in [5.74, 6) is -1.72. The SMILES string of the molecule is CCOC(=O)C1CCCN(C(=O)C(NC(=O)c2ccc([N+](=O)[O-])cc2Cl)C(C)CC)C1. The number of carbonyl (C=O) groups is 3. The second-order valence-corrected chi connectivity index (χ2v) is 8.04. The van der Waals surface area contributed by atoms with Gasteiger partial charge in [-0.2, -0.15) is 0 Å². The van der Waals surface area contributed by atoms with Crippen LogP contribution >= 0.6 is 11.6 Å². The lowest BCUT2D eigenvalue weighted by molar-refractivity contribution is -0.384. The fourth-order valence-electron chi connectivity index (χ4n) is 3.53. The van der Waals surface area contributed by atoms with Gasteiger partial charge in [-0.3, -0.25) is 24.5 Å². The fourth-order valence-corrected chi connectivity index (χ4v) is 3.79. The molecule has 0 aromatic heterocycles. The molecule has 1 N–H and O–H groups in total. The number of amides is 2. The van der Waals surface area contributed by atoms with Crippen LogP contribution in [0.25, 0.3) is 0 Å². The Balaban J connectivity index is 2.18. The fraction of sp³-hybridized carbons (Fsp3) is 0.571. The minimum Gasteiger partial charge on any atom is -0.466 e. The second-order valence-electron chi connectivity index (χ2n) is 7.63. The number of nitrogens with one attached hydrogen (secondary N) is 1. The van der Waals surface area contributed by atoms with Crippen molar-refractivity contribution in [3.8, 4) is 0 Å². The third-order valence-electron chi connectivity index (χ3n) is 5.53. The largest absolute Gasteiger partial charge is 0.466 e. The number of nitro benzene ring substituents is 1. The van der Waals surface area contributed by atoms with Crippen molar-refractivity contribution in [2.24, 2.45) is 11.8 Å². The van der Waals surface area contributed by atoms with E-state index in [0.717, 1.165) is 6.07 Å². The molecule has 1 aliphatic rings. The number of rotatable bonds is 8. The molecule has 2 amide bonds. The summed E-state index contributed by atoms with van der Waals surface area (Å²) in [5, 5.41) is 13.6. The van der Waals surface area contributed by atoms with Crippen LogP contribution in [0, 0.1) is 22.0 Å². The number of non-ortho nitro benzene ring substituents is 1. The molecule has 31 heavy (non-hydrogen) atoms. The molecule has 1 saturated heterocycles. The number of hydrogen-bond acceptors (Lipinski definition) is 6. The average molecular weight is 454 g/mol. The summed E-state index contributed by atoms with van der Waals surface area (Å²) < 4.78 is 5.09. The molecule has 1 fully saturated rings. The predicted octanol–water partition coefficient (Wildman–Crippen LogP) is 3.19. The summed E-state index contributed by atoms with van der Waals surface area (Å²) in [6, 6.07) is 2.75. The molecule has 3 atom stereocenters. The Bertz CT molecular complexity index is 846. The molecule has 170 valence electrons. The highest BCUT2D eigenvalue weighted by Gasteiger charge is 2.35. The molecule has 1 aromatic rings. The number of nitrogens with zero attached hydrogens (tertiary/aromatic N) is 2. The van der Waals surface area contributed by atoms with Gasteiger partial charge in [0.05, 0.1) is 28.0 Å². The molecule has 0 bridgehead atoms. The molecular formula is C21H28ClN3O6. The molecule has 0 aliphatic carbocycles. The molecule has 9 nitrogen and oxygen atoms in total. The molecule has 3 unspecified atom stereocenters. The Labute approximate surface area is 186 Å². The number of nitro groups is 1. The Kier molecular flexibility index (Phi) is 8.79. The van der Waals surface area contributed by atoms with Crippen molar-refractivity contribution in [2.75, 3.05) is 19.7 Å². The van der Waals surface area contributed by atoms with Gasteiger partial charge in [-0.25, -0.2) is 0 Å². The number of benzene rings is 1. The number of ether oxygens (including phenoxy) is 1.